The van der Waals surface area contributed by atoms with E-state index in [1.807, 2.05) is 0 Å². The number of hydrogen-bond donors (Lipinski definition) is 1. The van der Waals surface area contributed by atoms with E-state index in [-0.39, 0.29) is 17.2 Å². The second kappa shape index (κ2) is 3.04. The third-order valence-corrected chi connectivity index (χ3v) is 1.71. The van der Waals surface area contributed by atoms with Gasteiger partial charge in [0.05, 0.1) is 6.20 Å². The first-order chi connectivity index (χ1) is 6.98. The largest absolute Gasteiger partial charge is 0.479 e. The number of fused-ring (bicyclic) bond motifs is 1. The van der Waals surface area contributed by atoms with E-state index in [2.05, 4.69) is 14.5 Å². The predicted octanol–water partition coefficient (Wildman–Crippen LogP) is 1.14. The fourth-order valence-electron chi connectivity index (χ4n) is 1.08. The molecule has 1 N–H and O–H groups in total. The molecule has 1 aliphatic rings. The van der Waals surface area contributed by atoms with E-state index in [0.29, 0.717) is 0 Å². The van der Waals surface area contributed by atoms with Crippen molar-refractivity contribution in [2.75, 3.05) is 6.61 Å². The Hall–Kier alpha value is -1.92. The Bertz CT molecular complexity index is 421. The molecule has 15 heavy (non-hydrogen) atoms. The maximum absolute atomic E-state index is 12.7. The number of aromatic carboxylic acids is 1. The summed E-state index contributed by atoms with van der Waals surface area (Å²) >= 11 is 0. The van der Waals surface area contributed by atoms with Crippen LogP contribution in [0.5, 0.6) is 11.5 Å². The third-order valence-electron chi connectivity index (χ3n) is 1.71. The molecule has 0 radical (unpaired) electrons. The van der Waals surface area contributed by atoms with E-state index < -0.39 is 18.7 Å². The summed E-state index contributed by atoms with van der Waals surface area (Å²) in [6.07, 6.45) is -2.51. The van der Waals surface area contributed by atoms with Crippen LogP contribution in [0.4, 0.5) is 8.78 Å². The van der Waals surface area contributed by atoms with Crippen molar-refractivity contribution < 1.29 is 28.2 Å². The highest BCUT2D eigenvalue weighted by molar-refractivity contribution is 5.86. The van der Waals surface area contributed by atoms with Gasteiger partial charge in [-0.05, 0) is 0 Å². The molecule has 0 saturated carbocycles. The van der Waals surface area contributed by atoms with Gasteiger partial charge in [0.2, 0.25) is 0 Å². The zero-order chi connectivity index (χ0) is 11.1. The topological polar surface area (TPSA) is 68.7 Å². The minimum Gasteiger partial charge on any atom is -0.479 e. The summed E-state index contributed by atoms with van der Waals surface area (Å²) in [6, 6.07) is 1.03. The van der Waals surface area contributed by atoms with Crippen molar-refractivity contribution in [2.45, 2.75) is 6.11 Å². The summed E-state index contributed by atoms with van der Waals surface area (Å²) in [6.45, 7) is -0.941. The highest BCUT2D eigenvalue weighted by Crippen LogP contribution is 2.36. The Morgan fingerprint density at radius 2 is 2.27 bits per heavy atom. The molecule has 0 fully saturated rings. The van der Waals surface area contributed by atoms with Gasteiger partial charge in [-0.1, -0.05) is 0 Å². The lowest BCUT2D eigenvalue weighted by atomic mass is 10.3. The number of pyridine rings is 1. The minimum atomic E-state index is -3.40. The van der Waals surface area contributed by atoms with Crippen LogP contribution < -0.4 is 9.47 Å². The van der Waals surface area contributed by atoms with Gasteiger partial charge in [0.15, 0.2) is 23.8 Å². The van der Waals surface area contributed by atoms with Crippen LogP contribution in [0.2, 0.25) is 0 Å². The molecule has 5 nitrogen and oxygen atoms in total. The smallest absolute Gasteiger partial charge is 0.433 e. The van der Waals surface area contributed by atoms with E-state index in [1.54, 1.807) is 0 Å². The van der Waals surface area contributed by atoms with Gasteiger partial charge < -0.3 is 14.6 Å². The van der Waals surface area contributed by atoms with Gasteiger partial charge in [-0.3, -0.25) is 0 Å². The van der Waals surface area contributed by atoms with E-state index in [1.165, 1.54) is 0 Å². The number of carbonyl (C=O) groups is 1. The lowest BCUT2D eigenvalue weighted by Gasteiger charge is -2.25. The number of halogens is 2. The summed E-state index contributed by atoms with van der Waals surface area (Å²) in [5.74, 6) is -1.58. The van der Waals surface area contributed by atoms with E-state index in [4.69, 9.17) is 5.11 Å². The summed E-state index contributed by atoms with van der Waals surface area (Å²) < 4.78 is 34.2. The van der Waals surface area contributed by atoms with Crippen molar-refractivity contribution in [3.63, 3.8) is 0 Å². The molecular weight excluding hydrogens is 212 g/mol. The van der Waals surface area contributed by atoms with Crippen LogP contribution in [-0.4, -0.2) is 28.8 Å². The minimum absolute atomic E-state index is 0.0478. The van der Waals surface area contributed by atoms with Crippen molar-refractivity contribution in [1.29, 1.82) is 0 Å². The number of alkyl halides is 2. The van der Waals surface area contributed by atoms with Crippen molar-refractivity contribution in [3.8, 4) is 11.5 Å². The Morgan fingerprint density at radius 3 is 2.93 bits per heavy atom. The predicted molar refractivity (Wildman–Crippen MR) is 42.3 cm³/mol. The number of carboxylic acid groups (broad SMARTS) is 1. The second-order valence-electron chi connectivity index (χ2n) is 2.85. The number of hydrogen-bond acceptors (Lipinski definition) is 4. The Morgan fingerprint density at radius 1 is 1.53 bits per heavy atom. The van der Waals surface area contributed by atoms with Gasteiger partial charge in [-0.25, -0.2) is 9.78 Å². The lowest BCUT2D eigenvalue weighted by Crippen LogP contribution is -2.36. The fourth-order valence-corrected chi connectivity index (χ4v) is 1.08. The molecule has 80 valence electrons. The molecule has 0 unspecified atom stereocenters. The Balaban J connectivity index is 2.36. The zero-order valence-electron chi connectivity index (χ0n) is 7.24. The SMILES string of the molecule is O=C(O)c1cc2c(cn1)OC(F)(F)CO2. The van der Waals surface area contributed by atoms with Crippen molar-refractivity contribution in [2.24, 2.45) is 0 Å². The van der Waals surface area contributed by atoms with Crippen LogP contribution in [0.1, 0.15) is 10.5 Å². The van der Waals surface area contributed by atoms with E-state index in [0.717, 1.165) is 12.3 Å². The average molecular weight is 217 g/mol. The maximum atomic E-state index is 12.7. The summed E-state index contributed by atoms with van der Waals surface area (Å²) in [7, 11) is 0. The van der Waals surface area contributed by atoms with Crippen molar-refractivity contribution in [3.05, 3.63) is 18.0 Å². The van der Waals surface area contributed by atoms with Crippen LogP contribution in [0, 0.1) is 0 Å². The van der Waals surface area contributed by atoms with Crippen LogP contribution in [0.3, 0.4) is 0 Å². The van der Waals surface area contributed by atoms with Crippen molar-refractivity contribution in [1.82, 2.24) is 4.98 Å². The fraction of sp³-hybridized carbons (Fsp3) is 0.250. The van der Waals surface area contributed by atoms with Gasteiger partial charge in [0.25, 0.3) is 0 Å². The van der Waals surface area contributed by atoms with Gasteiger partial charge in [-0.2, -0.15) is 8.78 Å². The molecule has 0 aromatic carbocycles. The Labute approximate surface area is 82.3 Å². The molecule has 0 spiro atoms. The first-order valence-corrected chi connectivity index (χ1v) is 3.91. The highest BCUT2D eigenvalue weighted by Gasteiger charge is 2.38. The van der Waals surface area contributed by atoms with Gasteiger partial charge in [0, 0.05) is 6.07 Å². The number of rotatable bonds is 1. The molecule has 7 heteroatoms. The van der Waals surface area contributed by atoms with Crippen molar-refractivity contribution >= 4 is 5.97 Å². The molecule has 0 saturated heterocycles. The monoisotopic (exact) mass is 217 g/mol. The first-order valence-electron chi connectivity index (χ1n) is 3.91. The molecule has 0 bridgehead atoms. The number of aromatic nitrogens is 1. The summed E-state index contributed by atoms with van der Waals surface area (Å²) in [5, 5.41) is 8.58. The molecular formula is C8H5F2NO4. The van der Waals surface area contributed by atoms with Crippen LogP contribution in [0.15, 0.2) is 12.3 Å². The lowest BCUT2D eigenvalue weighted by molar-refractivity contribution is -0.209. The average Bonchev–Trinajstić information content (AvgIpc) is 2.15. The second-order valence-corrected chi connectivity index (χ2v) is 2.85. The highest BCUT2D eigenvalue weighted by atomic mass is 19.3. The quantitative estimate of drug-likeness (QED) is 0.763. The zero-order valence-corrected chi connectivity index (χ0v) is 7.24. The van der Waals surface area contributed by atoms with Crippen LogP contribution in [-0.2, 0) is 0 Å². The number of carboxylic acids is 1. The number of nitrogens with zero attached hydrogens (tertiary/aromatic N) is 1. The first kappa shape index (κ1) is 9.63. The Kier molecular flexibility index (Phi) is 1.95. The molecule has 0 amide bonds. The van der Waals surface area contributed by atoms with E-state index in [9.17, 15) is 13.6 Å². The molecule has 0 aliphatic carbocycles. The van der Waals surface area contributed by atoms with Crippen LogP contribution >= 0.6 is 0 Å². The normalized spacial score (nSPS) is 17.2. The third kappa shape index (κ3) is 1.80. The van der Waals surface area contributed by atoms with Crippen LogP contribution in [0.25, 0.3) is 0 Å². The van der Waals surface area contributed by atoms with Gasteiger partial charge in [-0.15, -0.1) is 0 Å². The standard InChI is InChI=1S/C8H5F2NO4/c9-8(10)3-14-5-1-4(7(12)13)11-2-6(5)15-8/h1-2H,3H2,(H,12,13). The van der Waals surface area contributed by atoms with Gasteiger partial charge >= 0.3 is 12.1 Å². The summed E-state index contributed by atoms with van der Waals surface area (Å²) in [4.78, 5) is 13.9. The molecule has 2 heterocycles. The molecule has 1 aromatic heterocycles. The maximum Gasteiger partial charge on any atom is 0.433 e. The molecule has 1 aromatic rings. The molecule has 0 atom stereocenters. The van der Waals surface area contributed by atoms with Gasteiger partial charge in [0.1, 0.15) is 0 Å². The molecule has 1 aliphatic heterocycles. The van der Waals surface area contributed by atoms with E-state index >= 15 is 0 Å². The molecule has 2 rings (SSSR count). The summed E-state index contributed by atoms with van der Waals surface area (Å²) in [5.41, 5.74) is -0.289. The number of ether oxygens (including phenoxy) is 2.